The van der Waals surface area contributed by atoms with Crippen LogP contribution in [0.15, 0.2) is 79.0 Å². The fourth-order valence-corrected chi connectivity index (χ4v) is 3.64. The maximum Gasteiger partial charge on any atom is 0.416 e. The first-order valence-electron chi connectivity index (χ1n) is 9.96. The fraction of sp³-hybridized carbons (Fsp3) is 0.160. The lowest BCUT2D eigenvalue weighted by Crippen LogP contribution is -2.05. The Bertz CT molecular complexity index is 1240. The summed E-state index contributed by atoms with van der Waals surface area (Å²) in [5.41, 5.74) is 2.60. The van der Waals surface area contributed by atoms with Crippen molar-refractivity contribution in [2.45, 2.75) is 25.7 Å². The largest absolute Gasteiger partial charge is 0.489 e. The first-order chi connectivity index (χ1) is 15.3. The standard InChI is InChI=1S/C25H20F3NO3/c26-25(27,28)20-10-8-17(9-11-20)16-32-21-5-3-4-18(12-21)14-29-15-19(13-24(30)31)22-6-1-2-7-23(22)29/h1-12,15H,13-14,16H2,(H,30,31). The molecule has 0 atom stereocenters. The predicted molar refractivity (Wildman–Crippen MR) is 115 cm³/mol. The van der Waals surface area contributed by atoms with Gasteiger partial charge >= 0.3 is 12.1 Å². The highest BCUT2D eigenvalue weighted by Crippen LogP contribution is 2.29. The van der Waals surface area contributed by atoms with Crippen molar-refractivity contribution in [2.75, 3.05) is 0 Å². The second-order valence-corrected chi connectivity index (χ2v) is 7.50. The number of carboxylic acid groups (broad SMARTS) is 1. The molecule has 0 spiro atoms. The maximum absolute atomic E-state index is 12.7. The number of rotatable bonds is 7. The van der Waals surface area contributed by atoms with Gasteiger partial charge in [0.15, 0.2) is 0 Å². The number of nitrogens with zero attached hydrogens (tertiary/aromatic N) is 1. The van der Waals surface area contributed by atoms with E-state index in [9.17, 15) is 23.1 Å². The van der Waals surface area contributed by atoms with Crippen LogP contribution in [0.5, 0.6) is 5.75 Å². The molecule has 0 aliphatic carbocycles. The van der Waals surface area contributed by atoms with Crippen molar-refractivity contribution >= 4 is 16.9 Å². The minimum absolute atomic E-state index is 0.0518. The summed E-state index contributed by atoms with van der Waals surface area (Å²) < 4.78 is 45.9. The highest BCUT2D eigenvalue weighted by Gasteiger charge is 2.29. The predicted octanol–water partition coefficient (Wildman–Crippen LogP) is 5.91. The van der Waals surface area contributed by atoms with Crippen LogP contribution in [-0.2, 0) is 30.5 Å². The van der Waals surface area contributed by atoms with Gasteiger partial charge in [-0.05, 0) is 47.0 Å². The number of benzene rings is 3. The number of fused-ring (bicyclic) bond motifs is 1. The second kappa shape index (κ2) is 8.78. The van der Waals surface area contributed by atoms with Crippen LogP contribution in [0.1, 0.15) is 22.3 Å². The number of aliphatic carboxylic acids is 1. The van der Waals surface area contributed by atoms with E-state index in [1.165, 1.54) is 12.1 Å². The van der Waals surface area contributed by atoms with Gasteiger partial charge in [0.2, 0.25) is 0 Å². The highest BCUT2D eigenvalue weighted by molar-refractivity contribution is 5.87. The van der Waals surface area contributed by atoms with Crippen LogP contribution in [-0.4, -0.2) is 15.6 Å². The van der Waals surface area contributed by atoms with Crippen molar-refractivity contribution < 1.29 is 27.8 Å². The number of hydrogen-bond donors (Lipinski definition) is 1. The topological polar surface area (TPSA) is 51.5 Å². The Morgan fingerprint density at radius 3 is 2.41 bits per heavy atom. The molecule has 0 aliphatic rings. The van der Waals surface area contributed by atoms with Gasteiger partial charge in [0, 0.05) is 23.6 Å². The van der Waals surface area contributed by atoms with Crippen LogP contribution >= 0.6 is 0 Å². The number of carboxylic acids is 1. The molecule has 4 nitrogen and oxygen atoms in total. The highest BCUT2D eigenvalue weighted by atomic mass is 19.4. The molecule has 1 aromatic heterocycles. The lowest BCUT2D eigenvalue weighted by Gasteiger charge is -2.11. The van der Waals surface area contributed by atoms with E-state index in [-0.39, 0.29) is 13.0 Å². The first-order valence-corrected chi connectivity index (χ1v) is 9.96. The summed E-state index contributed by atoms with van der Waals surface area (Å²) in [7, 11) is 0. The zero-order chi connectivity index (χ0) is 22.7. The lowest BCUT2D eigenvalue weighted by molar-refractivity contribution is -0.138. The summed E-state index contributed by atoms with van der Waals surface area (Å²) in [5, 5.41) is 10.1. The molecule has 1 N–H and O–H groups in total. The summed E-state index contributed by atoms with van der Waals surface area (Å²) in [6.45, 7) is 0.675. The van der Waals surface area contributed by atoms with E-state index in [2.05, 4.69) is 0 Å². The van der Waals surface area contributed by atoms with Crippen LogP contribution in [0.3, 0.4) is 0 Å². The van der Waals surface area contributed by atoms with Crippen molar-refractivity contribution in [3.05, 3.63) is 101 Å². The third-order valence-corrected chi connectivity index (χ3v) is 5.15. The monoisotopic (exact) mass is 439 g/mol. The van der Waals surface area contributed by atoms with Gasteiger partial charge in [0.25, 0.3) is 0 Å². The van der Waals surface area contributed by atoms with Crippen LogP contribution in [0, 0.1) is 0 Å². The third kappa shape index (κ3) is 4.94. The van der Waals surface area contributed by atoms with Gasteiger partial charge in [-0.1, -0.05) is 42.5 Å². The first kappa shape index (κ1) is 21.5. The van der Waals surface area contributed by atoms with Crippen molar-refractivity contribution in [3.63, 3.8) is 0 Å². The fourth-order valence-electron chi connectivity index (χ4n) is 3.64. The molecule has 1 heterocycles. The molecule has 0 fully saturated rings. The number of halogens is 3. The zero-order valence-electron chi connectivity index (χ0n) is 17.0. The van der Waals surface area contributed by atoms with E-state index in [0.717, 1.165) is 34.2 Å². The number of para-hydroxylation sites is 1. The molecule has 3 aromatic carbocycles. The van der Waals surface area contributed by atoms with E-state index >= 15 is 0 Å². The second-order valence-electron chi connectivity index (χ2n) is 7.50. The van der Waals surface area contributed by atoms with Gasteiger partial charge in [-0.2, -0.15) is 13.2 Å². The van der Waals surface area contributed by atoms with Gasteiger partial charge in [0.1, 0.15) is 12.4 Å². The molecule has 0 bridgehead atoms. The molecular formula is C25H20F3NO3. The zero-order valence-corrected chi connectivity index (χ0v) is 17.0. The minimum Gasteiger partial charge on any atom is -0.489 e. The molecule has 4 rings (SSSR count). The molecule has 0 aliphatic heterocycles. The van der Waals surface area contributed by atoms with Crippen molar-refractivity contribution in [1.82, 2.24) is 4.57 Å². The normalized spacial score (nSPS) is 11.6. The Morgan fingerprint density at radius 1 is 0.938 bits per heavy atom. The van der Waals surface area contributed by atoms with Gasteiger partial charge in [-0.15, -0.1) is 0 Å². The Hall–Kier alpha value is -3.74. The van der Waals surface area contributed by atoms with E-state index in [1.54, 1.807) is 6.07 Å². The number of alkyl halides is 3. The number of carbonyl (C=O) groups is 1. The van der Waals surface area contributed by atoms with E-state index in [0.29, 0.717) is 17.9 Å². The smallest absolute Gasteiger partial charge is 0.416 e. The third-order valence-electron chi connectivity index (χ3n) is 5.15. The van der Waals surface area contributed by atoms with Crippen molar-refractivity contribution in [1.29, 1.82) is 0 Å². The number of ether oxygens (including phenoxy) is 1. The molecule has 0 saturated carbocycles. The Morgan fingerprint density at radius 2 is 1.69 bits per heavy atom. The SMILES string of the molecule is O=C(O)Cc1cn(Cc2cccc(OCc3ccc(C(F)(F)F)cc3)c2)c2ccccc12. The lowest BCUT2D eigenvalue weighted by atomic mass is 10.1. The minimum atomic E-state index is -4.36. The molecule has 0 saturated heterocycles. The summed E-state index contributed by atoms with van der Waals surface area (Å²) >= 11 is 0. The van der Waals surface area contributed by atoms with Crippen molar-refractivity contribution in [3.8, 4) is 5.75 Å². The van der Waals surface area contributed by atoms with Crippen LogP contribution in [0.25, 0.3) is 10.9 Å². The molecule has 0 unspecified atom stereocenters. The van der Waals surface area contributed by atoms with Crippen LogP contribution in [0.2, 0.25) is 0 Å². The number of hydrogen-bond acceptors (Lipinski definition) is 2. The molecule has 0 radical (unpaired) electrons. The molecular weight excluding hydrogens is 419 g/mol. The molecule has 0 amide bonds. The van der Waals surface area contributed by atoms with Gasteiger partial charge in [0.05, 0.1) is 12.0 Å². The van der Waals surface area contributed by atoms with Crippen LogP contribution in [0.4, 0.5) is 13.2 Å². The van der Waals surface area contributed by atoms with Crippen LogP contribution < -0.4 is 4.74 Å². The summed E-state index contributed by atoms with van der Waals surface area (Å²) in [6, 6.07) is 20.0. The number of aromatic nitrogens is 1. The Kier molecular flexibility index (Phi) is 5.90. The van der Waals surface area contributed by atoms with Crippen molar-refractivity contribution in [2.24, 2.45) is 0 Å². The van der Waals surface area contributed by atoms with E-state index in [1.807, 2.05) is 53.2 Å². The van der Waals surface area contributed by atoms with E-state index < -0.39 is 17.7 Å². The summed E-state index contributed by atoms with van der Waals surface area (Å²) in [5.74, 6) is -0.281. The van der Waals surface area contributed by atoms with Gasteiger partial charge in [-0.25, -0.2) is 0 Å². The molecule has 164 valence electrons. The van der Waals surface area contributed by atoms with Gasteiger partial charge < -0.3 is 14.4 Å². The summed E-state index contributed by atoms with van der Waals surface area (Å²) in [6.07, 6.45) is -2.56. The molecule has 7 heteroatoms. The Balaban J connectivity index is 1.49. The Labute approximate surface area is 182 Å². The average molecular weight is 439 g/mol. The quantitative estimate of drug-likeness (QED) is 0.389. The van der Waals surface area contributed by atoms with Gasteiger partial charge in [-0.3, -0.25) is 4.79 Å². The molecule has 32 heavy (non-hydrogen) atoms. The van der Waals surface area contributed by atoms with E-state index in [4.69, 9.17) is 4.74 Å². The maximum atomic E-state index is 12.7. The average Bonchev–Trinajstić information content (AvgIpc) is 3.09. The summed E-state index contributed by atoms with van der Waals surface area (Å²) in [4.78, 5) is 11.2. The molecule has 4 aromatic rings.